The molecule has 0 aliphatic carbocycles. The van der Waals surface area contributed by atoms with Crippen molar-refractivity contribution in [1.29, 1.82) is 0 Å². The molecule has 12 nitrogen and oxygen atoms in total. The standard InChI is InChI=1S/C27H25F3N8O4/c1-3-11-37-24(39)20-23(36(4-2)26(37)41)34-22(38(20)16-42-25(40)21-31-9-6-10-32-21)18-13-33-35(15-18)14-17-7-5-8-19(12-17)27(28,29)30/h5-10,12-13,15H,3-4,11,14,16H2,1-2H3. The molecule has 15 heteroatoms. The maximum Gasteiger partial charge on any atom is 0.416 e. The van der Waals surface area contributed by atoms with Crippen molar-refractivity contribution in [3.8, 4) is 11.4 Å². The van der Waals surface area contributed by atoms with Crippen LogP contribution in [0.3, 0.4) is 0 Å². The van der Waals surface area contributed by atoms with Crippen LogP contribution in [0.5, 0.6) is 0 Å². The second-order valence-corrected chi connectivity index (χ2v) is 9.28. The van der Waals surface area contributed by atoms with Gasteiger partial charge in [-0.05, 0) is 37.1 Å². The van der Waals surface area contributed by atoms with E-state index in [0.29, 0.717) is 17.5 Å². The first-order valence-corrected chi connectivity index (χ1v) is 13.0. The van der Waals surface area contributed by atoms with E-state index in [2.05, 4.69) is 20.1 Å². The molecule has 0 saturated heterocycles. The van der Waals surface area contributed by atoms with Crippen LogP contribution in [-0.4, -0.2) is 44.4 Å². The number of alkyl halides is 3. The van der Waals surface area contributed by atoms with Crippen LogP contribution in [0.15, 0.2) is 64.7 Å². The van der Waals surface area contributed by atoms with Gasteiger partial charge >= 0.3 is 17.8 Å². The molecule has 0 saturated carbocycles. The Bertz CT molecular complexity index is 1870. The number of aromatic nitrogens is 8. The fourth-order valence-corrected chi connectivity index (χ4v) is 4.53. The van der Waals surface area contributed by atoms with Gasteiger partial charge in [-0.15, -0.1) is 0 Å². The minimum absolute atomic E-state index is 0.0213. The topological polar surface area (TPSA) is 132 Å². The minimum Gasteiger partial charge on any atom is -0.438 e. The molecule has 5 aromatic rings. The molecular formula is C27H25F3N8O4. The van der Waals surface area contributed by atoms with Crippen LogP contribution < -0.4 is 11.2 Å². The minimum atomic E-state index is -4.49. The van der Waals surface area contributed by atoms with Crippen LogP contribution in [0.4, 0.5) is 13.2 Å². The number of fused-ring (bicyclic) bond motifs is 1. The highest BCUT2D eigenvalue weighted by Crippen LogP contribution is 2.30. The number of aryl methyl sites for hydroxylation is 1. The van der Waals surface area contributed by atoms with Gasteiger partial charge in [-0.3, -0.25) is 23.2 Å². The van der Waals surface area contributed by atoms with E-state index in [1.54, 1.807) is 19.2 Å². The molecule has 1 aromatic carbocycles. The number of halogens is 3. The third kappa shape index (κ3) is 5.44. The summed E-state index contributed by atoms with van der Waals surface area (Å²) in [5.74, 6) is -0.873. The SMILES string of the molecule is CCCn1c(=O)c2c(nc(-c3cnn(Cc4cccc(C(F)(F)F)c4)c3)n2COC(=O)c2ncccn2)n(CC)c1=O. The Balaban J connectivity index is 1.60. The molecule has 0 fully saturated rings. The van der Waals surface area contributed by atoms with Crippen molar-refractivity contribution >= 4 is 17.1 Å². The molecule has 0 aliphatic rings. The Morgan fingerprint density at radius 2 is 1.79 bits per heavy atom. The molecule has 0 amide bonds. The Morgan fingerprint density at radius 1 is 1.02 bits per heavy atom. The van der Waals surface area contributed by atoms with Crippen molar-refractivity contribution in [3.63, 3.8) is 0 Å². The molecule has 0 aliphatic heterocycles. The maximum atomic E-state index is 13.6. The first-order valence-electron chi connectivity index (χ1n) is 13.0. The summed E-state index contributed by atoms with van der Waals surface area (Å²) in [7, 11) is 0. The third-order valence-electron chi connectivity index (χ3n) is 6.44. The number of esters is 1. The quantitative estimate of drug-likeness (QED) is 0.242. The second-order valence-electron chi connectivity index (χ2n) is 9.28. The Kier molecular flexibility index (Phi) is 7.74. The van der Waals surface area contributed by atoms with Crippen molar-refractivity contribution in [2.45, 2.75) is 52.8 Å². The van der Waals surface area contributed by atoms with Crippen LogP contribution in [-0.2, 0) is 37.3 Å². The van der Waals surface area contributed by atoms with Crippen LogP contribution in [0.1, 0.15) is 42.0 Å². The Morgan fingerprint density at radius 3 is 2.48 bits per heavy atom. The average Bonchev–Trinajstić information content (AvgIpc) is 3.59. The number of nitrogens with zero attached hydrogens (tertiary/aromatic N) is 8. The van der Waals surface area contributed by atoms with Crippen molar-refractivity contribution in [2.24, 2.45) is 0 Å². The van der Waals surface area contributed by atoms with Gasteiger partial charge in [-0.1, -0.05) is 19.1 Å². The zero-order chi connectivity index (χ0) is 30.0. The van der Waals surface area contributed by atoms with Gasteiger partial charge < -0.3 is 4.74 Å². The highest BCUT2D eigenvalue weighted by molar-refractivity contribution is 5.85. The number of imidazole rings is 1. The van der Waals surface area contributed by atoms with Crippen molar-refractivity contribution < 1.29 is 22.7 Å². The molecule has 4 aromatic heterocycles. The third-order valence-corrected chi connectivity index (χ3v) is 6.44. The molecule has 5 rings (SSSR count). The van der Waals surface area contributed by atoms with Crippen LogP contribution >= 0.6 is 0 Å². The summed E-state index contributed by atoms with van der Waals surface area (Å²) in [5.41, 5.74) is -1.04. The molecule has 0 radical (unpaired) electrons. The van der Waals surface area contributed by atoms with E-state index in [4.69, 9.17) is 4.74 Å². The molecule has 0 atom stereocenters. The lowest BCUT2D eigenvalue weighted by molar-refractivity contribution is -0.137. The van der Waals surface area contributed by atoms with Gasteiger partial charge in [-0.2, -0.15) is 18.3 Å². The van der Waals surface area contributed by atoms with E-state index >= 15 is 0 Å². The monoisotopic (exact) mass is 582 g/mol. The lowest BCUT2D eigenvalue weighted by Crippen LogP contribution is -2.40. The summed E-state index contributed by atoms with van der Waals surface area (Å²) in [6.45, 7) is 3.50. The number of carbonyl (C=O) groups is 1. The molecule has 42 heavy (non-hydrogen) atoms. The van der Waals surface area contributed by atoms with E-state index < -0.39 is 35.7 Å². The largest absolute Gasteiger partial charge is 0.438 e. The number of ether oxygens (including phenoxy) is 1. The Labute approximate surface area is 235 Å². The van der Waals surface area contributed by atoms with Crippen LogP contribution in [0.25, 0.3) is 22.6 Å². The van der Waals surface area contributed by atoms with E-state index in [0.717, 1.165) is 16.7 Å². The highest BCUT2D eigenvalue weighted by atomic mass is 19.4. The van der Waals surface area contributed by atoms with Crippen molar-refractivity contribution in [3.05, 3.63) is 92.9 Å². The van der Waals surface area contributed by atoms with Crippen molar-refractivity contribution in [1.82, 2.24) is 38.4 Å². The fourth-order valence-electron chi connectivity index (χ4n) is 4.53. The second kappa shape index (κ2) is 11.4. The van der Waals surface area contributed by atoms with Gasteiger partial charge in [-0.25, -0.2) is 24.5 Å². The maximum absolute atomic E-state index is 13.6. The molecule has 4 heterocycles. The van der Waals surface area contributed by atoms with Gasteiger partial charge in [0.15, 0.2) is 17.9 Å². The summed E-state index contributed by atoms with van der Waals surface area (Å²) >= 11 is 0. The number of hydrogen-bond acceptors (Lipinski definition) is 8. The van der Waals surface area contributed by atoms with Crippen LogP contribution in [0, 0.1) is 0 Å². The van der Waals surface area contributed by atoms with Gasteiger partial charge in [0, 0.05) is 31.7 Å². The number of carbonyl (C=O) groups excluding carboxylic acids is 1. The predicted molar refractivity (Wildman–Crippen MR) is 143 cm³/mol. The molecule has 0 spiro atoms. The van der Waals surface area contributed by atoms with E-state index in [1.807, 2.05) is 6.92 Å². The first-order chi connectivity index (χ1) is 20.1. The van der Waals surface area contributed by atoms with Crippen LogP contribution in [0.2, 0.25) is 0 Å². The molecular weight excluding hydrogens is 557 g/mol. The normalized spacial score (nSPS) is 11.7. The summed E-state index contributed by atoms with van der Waals surface area (Å²) in [6.07, 6.45) is 1.76. The number of benzene rings is 1. The lowest BCUT2D eigenvalue weighted by atomic mass is 10.1. The first kappa shape index (κ1) is 28.4. The molecule has 0 bridgehead atoms. The van der Waals surface area contributed by atoms with Gasteiger partial charge in [0.1, 0.15) is 5.82 Å². The fraction of sp³-hybridized carbons (Fsp3) is 0.296. The summed E-state index contributed by atoms with van der Waals surface area (Å²) in [4.78, 5) is 51.7. The van der Waals surface area contributed by atoms with Crippen molar-refractivity contribution in [2.75, 3.05) is 0 Å². The molecule has 0 unspecified atom stereocenters. The predicted octanol–water partition coefficient (Wildman–Crippen LogP) is 3.32. The molecule has 0 N–H and O–H groups in total. The smallest absolute Gasteiger partial charge is 0.416 e. The lowest BCUT2D eigenvalue weighted by Gasteiger charge is -2.11. The highest BCUT2D eigenvalue weighted by Gasteiger charge is 2.30. The zero-order valence-electron chi connectivity index (χ0n) is 22.6. The average molecular weight is 583 g/mol. The summed E-state index contributed by atoms with van der Waals surface area (Å²) in [6, 6.07) is 6.43. The number of hydrogen-bond donors (Lipinski definition) is 0. The van der Waals surface area contributed by atoms with E-state index in [-0.39, 0.29) is 42.4 Å². The van der Waals surface area contributed by atoms with Gasteiger partial charge in [0.25, 0.3) is 5.56 Å². The Hall–Kier alpha value is -5.08. The van der Waals surface area contributed by atoms with Gasteiger partial charge in [0.2, 0.25) is 5.82 Å². The van der Waals surface area contributed by atoms with Gasteiger partial charge in [0.05, 0.1) is 23.9 Å². The van der Waals surface area contributed by atoms with E-state index in [1.165, 1.54) is 44.5 Å². The van der Waals surface area contributed by atoms with E-state index in [9.17, 15) is 27.6 Å². The zero-order valence-corrected chi connectivity index (χ0v) is 22.6. The summed E-state index contributed by atoms with van der Waals surface area (Å²) < 4.78 is 50.2. The molecule has 218 valence electrons. The number of rotatable bonds is 9. The summed E-state index contributed by atoms with van der Waals surface area (Å²) in [5, 5.41) is 4.27.